The molecule has 1 aromatic rings. The average Bonchev–Trinajstić information content (AvgIpc) is 3.05. The highest BCUT2D eigenvalue weighted by Crippen LogP contribution is 2.20. The lowest BCUT2D eigenvalue weighted by molar-refractivity contribution is -0.120. The van der Waals surface area contributed by atoms with Crippen molar-refractivity contribution in [3.8, 4) is 0 Å². The molecule has 0 unspecified atom stereocenters. The maximum atomic E-state index is 12.6. The highest BCUT2D eigenvalue weighted by molar-refractivity contribution is 7.90. The van der Waals surface area contributed by atoms with E-state index in [4.69, 9.17) is 4.74 Å². The van der Waals surface area contributed by atoms with Crippen molar-refractivity contribution >= 4 is 21.8 Å². The molecule has 8 heteroatoms. The molecule has 1 atom stereocenters. The molecule has 0 aliphatic carbocycles. The topological polar surface area (TPSA) is 79.0 Å². The molecule has 0 saturated carbocycles. The second-order valence-electron chi connectivity index (χ2n) is 6.07. The van der Waals surface area contributed by atoms with Crippen molar-refractivity contribution in [2.45, 2.75) is 25.9 Å². The van der Waals surface area contributed by atoms with Crippen LogP contribution in [0.1, 0.15) is 18.4 Å². The van der Waals surface area contributed by atoms with Crippen LogP contribution in [0.15, 0.2) is 24.3 Å². The van der Waals surface area contributed by atoms with Crippen LogP contribution in [0.5, 0.6) is 0 Å². The maximum Gasteiger partial charge on any atom is 0.304 e. The summed E-state index contributed by atoms with van der Waals surface area (Å²) in [4.78, 5) is 12.2. The molecule has 0 aromatic heterocycles. The summed E-state index contributed by atoms with van der Waals surface area (Å²) in [6.07, 6.45) is 1.93. The molecule has 24 heavy (non-hydrogen) atoms. The van der Waals surface area contributed by atoms with Crippen LogP contribution in [-0.2, 0) is 19.7 Å². The van der Waals surface area contributed by atoms with E-state index in [2.05, 4.69) is 5.32 Å². The first-order chi connectivity index (χ1) is 11.3. The van der Waals surface area contributed by atoms with E-state index in [0.29, 0.717) is 18.8 Å². The molecular weight excluding hydrogens is 330 g/mol. The molecule has 1 aromatic carbocycles. The largest absolute Gasteiger partial charge is 0.376 e. The van der Waals surface area contributed by atoms with Gasteiger partial charge in [-0.1, -0.05) is 17.7 Å². The summed E-state index contributed by atoms with van der Waals surface area (Å²) < 4.78 is 32.8. The van der Waals surface area contributed by atoms with E-state index >= 15 is 0 Å². The number of rotatable bonds is 7. The SMILES string of the molecule is Cc1ccc(N(CC(=O)NC[C@@H]2CCCO2)S(=O)(=O)N(C)C)cc1. The van der Waals surface area contributed by atoms with Gasteiger partial charge in [-0.25, -0.2) is 4.31 Å². The van der Waals surface area contributed by atoms with Gasteiger partial charge in [0.2, 0.25) is 5.91 Å². The molecule has 1 amide bonds. The predicted octanol–water partition coefficient (Wildman–Crippen LogP) is 0.903. The third kappa shape index (κ3) is 4.68. The van der Waals surface area contributed by atoms with Crippen LogP contribution in [0.4, 0.5) is 5.69 Å². The normalized spacial score (nSPS) is 17.9. The smallest absolute Gasteiger partial charge is 0.304 e. The zero-order valence-corrected chi connectivity index (χ0v) is 15.2. The Morgan fingerprint density at radius 1 is 1.29 bits per heavy atom. The van der Waals surface area contributed by atoms with Crippen LogP contribution in [0.2, 0.25) is 0 Å². The van der Waals surface area contributed by atoms with Crippen molar-refractivity contribution in [1.29, 1.82) is 0 Å². The fraction of sp³-hybridized carbons (Fsp3) is 0.562. The van der Waals surface area contributed by atoms with Crippen molar-refractivity contribution in [2.75, 3.05) is 38.1 Å². The van der Waals surface area contributed by atoms with E-state index in [-0.39, 0.29) is 18.6 Å². The van der Waals surface area contributed by atoms with Crippen molar-refractivity contribution in [1.82, 2.24) is 9.62 Å². The molecule has 1 aliphatic rings. The minimum atomic E-state index is -3.76. The van der Waals surface area contributed by atoms with E-state index in [1.807, 2.05) is 19.1 Å². The van der Waals surface area contributed by atoms with E-state index in [1.165, 1.54) is 14.1 Å². The van der Waals surface area contributed by atoms with Crippen LogP contribution < -0.4 is 9.62 Å². The van der Waals surface area contributed by atoms with Gasteiger partial charge in [-0.2, -0.15) is 12.7 Å². The Morgan fingerprint density at radius 2 is 1.96 bits per heavy atom. The highest BCUT2D eigenvalue weighted by Gasteiger charge is 2.27. The predicted molar refractivity (Wildman–Crippen MR) is 93.1 cm³/mol. The van der Waals surface area contributed by atoms with Crippen molar-refractivity contribution in [2.24, 2.45) is 0 Å². The summed E-state index contributed by atoms with van der Waals surface area (Å²) in [7, 11) is -0.872. The van der Waals surface area contributed by atoms with Gasteiger partial charge in [-0.05, 0) is 31.9 Å². The van der Waals surface area contributed by atoms with E-state index in [9.17, 15) is 13.2 Å². The van der Waals surface area contributed by atoms with Gasteiger partial charge in [0.05, 0.1) is 11.8 Å². The van der Waals surface area contributed by atoms with Gasteiger partial charge >= 0.3 is 10.2 Å². The van der Waals surface area contributed by atoms with Gasteiger partial charge in [0.1, 0.15) is 6.54 Å². The van der Waals surface area contributed by atoms with Crippen LogP contribution in [0, 0.1) is 6.92 Å². The molecule has 1 N–H and O–H groups in total. The van der Waals surface area contributed by atoms with Gasteiger partial charge in [0.25, 0.3) is 0 Å². The van der Waals surface area contributed by atoms with Crippen LogP contribution in [0.3, 0.4) is 0 Å². The minimum Gasteiger partial charge on any atom is -0.376 e. The van der Waals surface area contributed by atoms with E-state index in [1.54, 1.807) is 12.1 Å². The minimum absolute atomic E-state index is 0.0206. The molecule has 1 heterocycles. The fourth-order valence-electron chi connectivity index (χ4n) is 2.43. The Hall–Kier alpha value is -1.64. The zero-order valence-electron chi connectivity index (χ0n) is 14.4. The molecular formula is C16H25N3O4S. The van der Waals surface area contributed by atoms with E-state index < -0.39 is 10.2 Å². The Kier molecular flexibility index (Phi) is 6.20. The monoisotopic (exact) mass is 355 g/mol. The summed E-state index contributed by atoms with van der Waals surface area (Å²) in [5, 5.41) is 2.76. The van der Waals surface area contributed by atoms with Gasteiger partial charge in [-0.3, -0.25) is 4.79 Å². The quantitative estimate of drug-likeness (QED) is 0.788. The average molecular weight is 355 g/mol. The Morgan fingerprint density at radius 3 is 2.50 bits per heavy atom. The van der Waals surface area contributed by atoms with Crippen molar-refractivity contribution in [3.05, 3.63) is 29.8 Å². The third-order valence-corrected chi connectivity index (χ3v) is 5.72. The summed E-state index contributed by atoms with van der Waals surface area (Å²) in [5.74, 6) is -0.350. The summed E-state index contributed by atoms with van der Waals surface area (Å²) in [6.45, 7) is 2.77. The number of nitrogens with zero attached hydrogens (tertiary/aromatic N) is 2. The first-order valence-electron chi connectivity index (χ1n) is 7.96. The summed E-state index contributed by atoms with van der Waals surface area (Å²) in [5.41, 5.74) is 1.48. The molecule has 2 rings (SSSR count). The van der Waals surface area contributed by atoms with Crippen LogP contribution >= 0.6 is 0 Å². The molecule has 1 fully saturated rings. The molecule has 7 nitrogen and oxygen atoms in total. The zero-order chi connectivity index (χ0) is 17.7. The van der Waals surface area contributed by atoms with Crippen molar-refractivity contribution < 1.29 is 17.9 Å². The molecule has 134 valence electrons. The molecule has 1 aliphatic heterocycles. The second kappa shape index (κ2) is 7.96. The number of amides is 1. The van der Waals surface area contributed by atoms with Crippen LogP contribution in [0.25, 0.3) is 0 Å². The number of hydrogen-bond donors (Lipinski definition) is 1. The Balaban J connectivity index is 2.10. The first kappa shape index (κ1) is 18.7. The van der Waals surface area contributed by atoms with Crippen molar-refractivity contribution in [3.63, 3.8) is 0 Å². The first-order valence-corrected chi connectivity index (χ1v) is 9.35. The Labute approximate surface area is 143 Å². The lowest BCUT2D eigenvalue weighted by Gasteiger charge is -2.27. The van der Waals surface area contributed by atoms with Gasteiger partial charge < -0.3 is 10.1 Å². The summed E-state index contributed by atoms with van der Waals surface area (Å²) in [6, 6.07) is 7.03. The lowest BCUT2D eigenvalue weighted by atomic mass is 10.2. The van der Waals surface area contributed by atoms with E-state index in [0.717, 1.165) is 27.0 Å². The molecule has 0 spiro atoms. The number of nitrogens with one attached hydrogen (secondary N) is 1. The highest BCUT2D eigenvalue weighted by atomic mass is 32.2. The number of carbonyl (C=O) groups excluding carboxylic acids is 1. The summed E-state index contributed by atoms with van der Waals surface area (Å²) >= 11 is 0. The number of aryl methyl sites for hydroxylation is 1. The second-order valence-corrected chi connectivity index (χ2v) is 8.14. The molecule has 1 saturated heterocycles. The fourth-order valence-corrected chi connectivity index (χ4v) is 3.50. The van der Waals surface area contributed by atoms with Gasteiger partial charge in [0, 0.05) is 27.2 Å². The lowest BCUT2D eigenvalue weighted by Crippen LogP contribution is -2.46. The van der Waals surface area contributed by atoms with Gasteiger partial charge in [-0.15, -0.1) is 0 Å². The van der Waals surface area contributed by atoms with Gasteiger partial charge in [0.15, 0.2) is 0 Å². The standard InChI is InChI=1S/C16H25N3O4S/c1-13-6-8-14(9-7-13)19(24(21,22)18(2)3)12-16(20)17-11-15-5-4-10-23-15/h6-9,15H,4-5,10-12H2,1-3H3,(H,17,20)/t15-/m0/s1. The number of carbonyl (C=O) groups is 1. The number of benzene rings is 1. The van der Waals surface area contributed by atoms with Crippen LogP contribution in [-0.4, -0.2) is 58.5 Å². The number of anilines is 1. The molecule has 0 bridgehead atoms. The third-order valence-electron chi connectivity index (χ3n) is 3.90. The maximum absolute atomic E-state index is 12.6. The number of ether oxygens (including phenoxy) is 1. The Bertz CT molecular complexity index is 652. The number of hydrogen-bond acceptors (Lipinski definition) is 4. The molecule has 0 radical (unpaired) electrons.